The molecule has 0 aliphatic rings. The number of carbonyl (C=O) groups is 1. The number of nitrogen functional groups attached to an aromatic ring is 1. The number of nitrogens with two attached hydrogens (primary N) is 1. The summed E-state index contributed by atoms with van der Waals surface area (Å²) in [5, 5.41) is 0.288. The third-order valence-corrected chi connectivity index (χ3v) is 3.67. The van der Waals surface area contributed by atoms with E-state index in [1.54, 1.807) is 30.3 Å². The fourth-order valence-electron chi connectivity index (χ4n) is 1.93. The maximum atomic E-state index is 12.6. The number of benzene rings is 2. The Morgan fingerprint density at radius 2 is 1.71 bits per heavy atom. The van der Waals surface area contributed by atoms with Crippen molar-refractivity contribution < 1.29 is 14.3 Å². The van der Waals surface area contributed by atoms with Crippen molar-refractivity contribution in [3.05, 3.63) is 51.0 Å². The number of hydrogen-bond acceptors (Lipinski definition) is 4. The van der Waals surface area contributed by atoms with Crippen LogP contribution in [0.5, 0.6) is 11.5 Å². The first-order valence-electron chi connectivity index (χ1n) is 5.98. The number of carbonyl (C=O) groups excluding carboxylic acids is 1. The van der Waals surface area contributed by atoms with E-state index in [4.69, 9.17) is 26.8 Å². The van der Waals surface area contributed by atoms with Crippen LogP contribution in [0.1, 0.15) is 15.9 Å². The summed E-state index contributed by atoms with van der Waals surface area (Å²) in [5.74, 6) is 0.662. The number of ketones is 1. The van der Waals surface area contributed by atoms with Crippen molar-refractivity contribution in [1.29, 1.82) is 0 Å². The van der Waals surface area contributed by atoms with Gasteiger partial charge in [0.05, 0.1) is 19.2 Å². The molecule has 0 unspecified atom stereocenters. The molecule has 0 aliphatic carbocycles. The minimum absolute atomic E-state index is 0.242. The van der Waals surface area contributed by atoms with Gasteiger partial charge in [-0.2, -0.15) is 0 Å². The molecule has 2 rings (SSSR count). The summed E-state index contributed by atoms with van der Waals surface area (Å²) in [7, 11) is 3.00. The third-order valence-electron chi connectivity index (χ3n) is 2.90. The van der Waals surface area contributed by atoms with Crippen molar-refractivity contribution in [2.45, 2.75) is 0 Å². The second-order valence-electron chi connectivity index (χ2n) is 4.29. The lowest BCUT2D eigenvalue weighted by molar-refractivity contribution is 0.103. The van der Waals surface area contributed by atoms with Gasteiger partial charge < -0.3 is 15.2 Å². The molecule has 0 aliphatic heterocycles. The van der Waals surface area contributed by atoms with E-state index in [0.717, 1.165) is 4.47 Å². The van der Waals surface area contributed by atoms with Crippen LogP contribution in [-0.2, 0) is 0 Å². The van der Waals surface area contributed by atoms with E-state index in [-0.39, 0.29) is 10.8 Å². The summed E-state index contributed by atoms with van der Waals surface area (Å²) >= 11 is 9.48. The lowest BCUT2D eigenvalue weighted by Crippen LogP contribution is -2.04. The fourth-order valence-corrected chi connectivity index (χ4v) is 2.68. The lowest BCUT2D eigenvalue weighted by atomic mass is 10.0. The molecule has 21 heavy (non-hydrogen) atoms. The Kier molecular flexibility index (Phi) is 4.75. The van der Waals surface area contributed by atoms with Crippen molar-refractivity contribution in [2.75, 3.05) is 20.0 Å². The zero-order valence-electron chi connectivity index (χ0n) is 11.4. The number of ether oxygens (including phenoxy) is 2. The molecule has 0 spiro atoms. The Balaban J connectivity index is 2.52. The molecule has 0 bridgehead atoms. The average Bonchev–Trinajstić information content (AvgIpc) is 2.45. The summed E-state index contributed by atoms with van der Waals surface area (Å²) in [6, 6.07) is 8.11. The quantitative estimate of drug-likeness (QED) is 0.654. The summed E-state index contributed by atoms with van der Waals surface area (Å²) in [6.07, 6.45) is 0. The maximum absolute atomic E-state index is 12.6. The zero-order chi connectivity index (χ0) is 15.6. The number of hydrogen-bond donors (Lipinski definition) is 1. The van der Waals surface area contributed by atoms with Gasteiger partial charge in [0, 0.05) is 27.4 Å². The van der Waals surface area contributed by atoms with E-state index in [1.165, 1.54) is 14.2 Å². The first-order valence-corrected chi connectivity index (χ1v) is 7.15. The standard InChI is InChI=1S/C15H13BrClNO3/c1-20-13-6-11(12(17)7-14(13)21-2)15(19)8-3-9(16)5-10(18)4-8/h3-7H,18H2,1-2H3. The monoisotopic (exact) mass is 369 g/mol. The summed E-state index contributed by atoms with van der Waals surface area (Å²) in [4.78, 5) is 12.6. The second-order valence-corrected chi connectivity index (χ2v) is 5.61. The van der Waals surface area contributed by atoms with Gasteiger partial charge in [0.1, 0.15) is 0 Å². The molecule has 0 radical (unpaired) electrons. The Labute approximate surface area is 135 Å². The van der Waals surface area contributed by atoms with E-state index in [0.29, 0.717) is 28.3 Å². The van der Waals surface area contributed by atoms with Crippen molar-refractivity contribution >= 4 is 39.0 Å². The van der Waals surface area contributed by atoms with E-state index in [2.05, 4.69) is 15.9 Å². The fraction of sp³-hybridized carbons (Fsp3) is 0.133. The SMILES string of the molecule is COc1cc(Cl)c(C(=O)c2cc(N)cc(Br)c2)cc1OC. The predicted octanol–water partition coefficient (Wildman–Crippen LogP) is 3.93. The summed E-state index contributed by atoms with van der Waals surface area (Å²) < 4.78 is 11.1. The van der Waals surface area contributed by atoms with Crippen LogP contribution in [0.15, 0.2) is 34.8 Å². The minimum atomic E-state index is -0.242. The molecule has 4 nitrogen and oxygen atoms in total. The first-order chi connectivity index (χ1) is 9.96. The Morgan fingerprint density at radius 1 is 1.10 bits per heavy atom. The largest absolute Gasteiger partial charge is 0.493 e. The molecule has 0 fully saturated rings. The van der Waals surface area contributed by atoms with Crippen molar-refractivity contribution in [1.82, 2.24) is 0 Å². The molecule has 6 heteroatoms. The van der Waals surface area contributed by atoms with E-state index in [9.17, 15) is 4.79 Å². The van der Waals surface area contributed by atoms with E-state index >= 15 is 0 Å². The molecular formula is C15H13BrClNO3. The number of rotatable bonds is 4. The van der Waals surface area contributed by atoms with E-state index < -0.39 is 0 Å². The Morgan fingerprint density at radius 3 is 2.29 bits per heavy atom. The smallest absolute Gasteiger partial charge is 0.194 e. The highest BCUT2D eigenvalue weighted by Gasteiger charge is 2.18. The van der Waals surface area contributed by atoms with Gasteiger partial charge in [-0.25, -0.2) is 0 Å². The maximum Gasteiger partial charge on any atom is 0.194 e. The molecular weight excluding hydrogens is 358 g/mol. The normalized spacial score (nSPS) is 10.3. The molecule has 110 valence electrons. The van der Waals surface area contributed by atoms with E-state index in [1.807, 2.05) is 0 Å². The van der Waals surface area contributed by atoms with Crippen LogP contribution in [0.3, 0.4) is 0 Å². The van der Waals surface area contributed by atoms with Crippen molar-refractivity contribution in [3.63, 3.8) is 0 Å². The molecule has 0 heterocycles. The topological polar surface area (TPSA) is 61.5 Å². The van der Waals surface area contributed by atoms with Gasteiger partial charge in [0.15, 0.2) is 17.3 Å². The highest BCUT2D eigenvalue weighted by molar-refractivity contribution is 9.10. The van der Waals surface area contributed by atoms with Crippen LogP contribution >= 0.6 is 27.5 Å². The molecule has 0 aromatic heterocycles. The van der Waals surface area contributed by atoms with Crippen LogP contribution in [-0.4, -0.2) is 20.0 Å². The van der Waals surface area contributed by atoms with Crippen molar-refractivity contribution in [2.24, 2.45) is 0 Å². The number of anilines is 1. The van der Waals surface area contributed by atoms with Gasteiger partial charge in [-0.3, -0.25) is 4.79 Å². The predicted molar refractivity (Wildman–Crippen MR) is 86.5 cm³/mol. The van der Waals surface area contributed by atoms with Gasteiger partial charge in [0.2, 0.25) is 0 Å². The highest BCUT2D eigenvalue weighted by Crippen LogP contribution is 2.34. The van der Waals surface area contributed by atoms with Crippen LogP contribution in [0.4, 0.5) is 5.69 Å². The third kappa shape index (κ3) is 3.31. The van der Waals surface area contributed by atoms with Crippen LogP contribution < -0.4 is 15.2 Å². The van der Waals surface area contributed by atoms with Crippen LogP contribution in [0.2, 0.25) is 5.02 Å². The molecule has 2 N–H and O–H groups in total. The molecule has 0 saturated heterocycles. The summed E-state index contributed by atoms with van der Waals surface area (Å²) in [6.45, 7) is 0. The minimum Gasteiger partial charge on any atom is -0.493 e. The Bertz CT molecular complexity index is 683. The number of halogens is 2. The second kappa shape index (κ2) is 6.37. The molecule has 0 saturated carbocycles. The van der Waals surface area contributed by atoms with Gasteiger partial charge in [-0.15, -0.1) is 0 Å². The van der Waals surface area contributed by atoms with Gasteiger partial charge >= 0.3 is 0 Å². The highest BCUT2D eigenvalue weighted by atomic mass is 79.9. The molecule has 0 amide bonds. The molecule has 2 aromatic rings. The van der Waals surface area contributed by atoms with Crippen LogP contribution in [0.25, 0.3) is 0 Å². The van der Waals surface area contributed by atoms with Gasteiger partial charge in [0.25, 0.3) is 0 Å². The average molecular weight is 371 g/mol. The summed E-state index contributed by atoms with van der Waals surface area (Å²) in [5.41, 5.74) is 7.01. The Hall–Kier alpha value is -1.72. The first kappa shape index (κ1) is 15.7. The molecule has 0 atom stereocenters. The molecule has 2 aromatic carbocycles. The van der Waals surface area contributed by atoms with Gasteiger partial charge in [-0.05, 0) is 24.3 Å². The lowest BCUT2D eigenvalue weighted by Gasteiger charge is -2.11. The zero-order valence-corrected chi connectivity index (χ0v) is 13.8. The van der Waals surface area contributed by atoms with Gasteiger partial charge in [-0.1, -0.05) is 27.5 Å². The van der Waals surface area contributed by atoms with Crippen LogP contribution in [0, 0.1) is 0 Å². The number of methoxy groups -OCH3 is 2. The van der Waals surface area contributed by atoms with Crippen molar-refractivity contribution in [3.8, 4) is 11.5 Å².